The lowest BCUT2D eigenvalue weighted by Gasteiger charge is -2.38. The molecule has 17 rings (SSSR count). The third kappa shape index (κ3) is 4.74. The molecule has 0 atom stereocenters. The number of nitrogens with zero attached hydrogens (tertiary/aromatic N) is 4. The van der Waals surface area contributed by atoms with Crippen LogP contribution in [0.5, 0.6) is 0 Å². The molecule has 0 saturated heterocycles. The molecule has 0 bridgehead atoms. The summed E-state index contributed by atoms with van der Waals surface area (Å²) in [5, 5.41) is 5.10. The normalized spacial score (nSPS) is 15.1. The van der Waals surface area contributed by atoms with Crippen LogP contribution in [0.1, 0.15) is 44.5 Å². The topological polar surface area (TPSA) is 16.3 Å². The summed E-state index contributed by atoms with van der Waals surface area (Å²) in [4.78, 5) is 5.52. The van der Waals surface area contributed by atoms with Crippen molar-refractivity contribution in [2.24, 2.45) is 0 Å². The SMILES string of the molecule is c1ccc(C2(c3ccccc3)c3ccccc3B3N(c4ccccc42)c2c4c5ccccc5n5c4c(c4c6ccccc6n3c24)N2B5c3ccccc3C(c3ccccc3)(c3ccccc3)c3ccccc32)cc1. The van der Waals surface area contributed by atoms with Gasteiger partial charge in [-0.1, -0.05) is 243 Å². The van der Waals surface area contributed by atoms with Crippen LogP contribution in [-0.2, 0) is 10.8 Å². The van der Waals surface area contributed by atoms with Crippen molar-refractivity contribution in [1.82, 2.24) is 8.96 Å². The summed E-state index contributed by atoms with van der Waals surface area (Å²) >= 11 is 0. The average molecular weight is 939 g/mol. The van der Waals surface area contributed by atoms with Crippen LogP contribution in [0.25, 0.3) is 43.6 Å². The molecule has 0 unspecified atom stereocenters. The van der Waals surface area contributed by atoms with Crippen LogP contribution in [0, 0.1) is 0 Å². The predicted octanol–water partition coefficient (Wildman–Crippen LogP) is 14.1. The largest absolute Gasteiger partial charge is 0.421 e. The molecule has 0 N–H and O–H groups in total. The van der Waals surface area contributed by atoms with Gasteiger partial charge in [0.25, 0.3) is 0 Å². The predicted molar refractivity (Wildman–Crippen MR) is 308 cm³/mol. The van der Waals surface area contributed by atoms with Gasteiger partial charge in [-0.3, -0.25) is 0 Å². The second-order valence-electron chi connectivity index (χ2n) is 20.6. The van der Waals surface area contributed by atoms with Gasteiger partial charge in [-0.2, -0.15) is 0 Å². The summed E-state index contributed by atoms with van der Waals surface area (Å²) in [6.45, 7) is -0.424. The number of rotatable bonds is 4. The molecular formula is C68H44B2N4. The molecule has 11 aromatic carbocycles. The fourth-order valence-corrected chi connectivity index (χ4v) is 15.0. The first-order valence-corrected chi connectivity index (χ1v) is 26.0. The Labute approximate surface area is 429 Å². The third-order valence-corrected chi connectivity index (χ3v) is 17.5. The van der Waals surface area contributed by atoms with Crippen molar-refractivity contribution in [2.45, 2.75) is 10.8 Å². The summed E-state index contributed by atoms with van der Waals surface area (Å²) in [6.07, 6.45) is 0. The second-order valence-corrected chi connectivity index (χ2v) is 20.6. The first-order valence-electron chi connectivity index (χ1n) is 26.0. The second kappa shape index (κ2) is 14.7. The summed E-state index contributed by atoms with van der Waals surface area (Å²) in [6, 6.07) is 101. The zero-order valence-electron chi connectivity index (χ0n) is 40.3. The quantitative estimate of drug-likeness (QED) is 0.164. The van der Waals surface area contributed by atoms with Crippen molar-refractivity contribution in [1.29, 1.82) is 0 Å². The summed E-state index contributed by atoms with van der Waals surface area (Å²) < 4.78 is 5.46. The number of fused-ring (bicyclic) bond motifs is 22. The molecule has 342 valence electrons. The number of para-hydroxylation sites is 4. The molecule has 0 radical (unpaired) electrons. The van der Waals surface area contributed by atoms with Gasteiger partial charge in [0.2, 0.25) is 0 Å². The Bertz CT molecular complexity index is 4100. The lowest BCUT2D eigenvalue weighted by molar-refractivity contribution is 0.753. The van der Waals surface area contributed by atoms with E-state index in [1.165, 1.54) is 122 Å². The maximum atomic E-state index is 2.76. The number of hydrogen-bond acceptors (Lipinski definition) is 2. The molecular weight excluding hydrogens is 894 g/mol. The highest BCUT2D eigenvalue weighted by Gasteiger charge is 2.56. The molecule has 4 aliphatic rings. The van der Waals surface area contributed by atoms with Crippen molar-refractivity contribution in [2.75, 3.05) is 9.62 Å². The van der Waals surface area contributed by atoms with Gasteiger partial charge >= 0.3 is 14.0 Å². The zero-order chi connectivity index (χ0) is 48.3. The Kier molecular flexibility index (Phi) is 8.01. The van der Waals surface area contributed by atoms with Gasteiger partial charge < -0.3 is 18.6 Å². The molecule has 6 heteroatoms. The number of aromatic nitrogens is 2. The molecule has 0 aliphatic carbocycles. The maximum Gasteiger partial charge on any atom is 0.421 e. The third-order valence-electron chi connectivity index (χ3n) is 17.5. The molecule has 0 amide bonds. The van der Waals surface area contributed by atoms with E-state index in [0.29, 0.717) is 0 Å². The van der Waals surface area contributed by atoms with E-state index < -0.39 is 10.8 Å². The fourth-order valence-electron chi connectivity index (χ4n) is 15.0. The van der Waals surface area contributed by atoms with Crippen LogP contribution in [0.3, 0.4) is 0 Å². The minimum Gasteiger partial charge on any atom is -0.359 e. The molecule has 2 aromatic heterocycles. The minimum absolute atomic E-state index is 0.212. The lowest BCUT2D eigenvalue weighted by atomic mass is 9.58. The van der Waals surface area contributed by atoms with Crippen molar-refractivity contribution < 1.29 is 0 Å². The molecule has 4 aliphatic heterocycles. The van der Waals surface area contributed by atoms with Crippen molar-refractivity contribution >= 4 is 91.3 Å². The fraction of sp³-hybridized carbons (Fsp3) is 0.0294. The highest BCUT2D eigenvalue weighted by atomic mass is 15.3. The summed E-state index contributed by atoms with van der Waals surface area (Å²) in [5.74, 6) is 0. The molecule has 13 aromatic rings. The Hall–Kier alpha value is -9.25. The smallest absolute Gasteiger partial charge is 0.359 e. The van der Waals surface area contributed by atoms with Crippen LogP contribution < -0.4 is 20.5 Å². The van der Waals surface area contributed by atoms with Gasteiger partial charge in [0.05, 0.1) is 33.2 Å². The van der Waals surface area contributed by atoms with Crippen LogP contribution in [0.2, 0.25) is 0 Å². The van der Waals surface area contributed by atoms with E-state index in [0.717, 1.165) is 0 Å². The number of benzene rings is 11. The Balaban J connectivity index is 1.07. The highest BCUT2D eigenvalue weighted by molar-refractivity contribution is 6.84. The summed E-state index contributed by atoms with van der Waals surface area (Å²) in [5.41, 5.74) is 21.3. The van der Waals surface area contributed by atoms with Gasteiger partial charge in [-0.05, 0) is 79.7 Å². The van der Waals surface area contributed by atoms with Crippen LogP contribution in [0.15, 0.2) is 267 Å². The zero-order valence-corrected chi connectivity index (χ0v) is 40.3. The molecule has 0 spiro atoms. The van der Waals surface area contributed by atoms with Crippen molar-refractivity contribution in [3.63, 3.8) is 0 Å². The van der Waals surface area contributed by atoms with Crippen molar-refractivity contribution in [3.05, 3.63) is 311 Å². The molecule has 0 fully saturated rings. The van der Waals surface area contributed by atoms with E-state index in [1.54, 1.807) is 0 Å². The Morgan fingerprint density at radius 2 is 0.568 bits per heavy atom. The van der Waals surface area contributed by atoms with Crippen LogP contribution >= 0.6 is 0 Å². The first kappa shape index (κ1) is 40.4. The van der Waals surface area contributed by atoms with E-state index in [-0.39, 0.29) is 14.0 Å². The van der Waals surface area contributed by atoms with Gasteiger partial charge in [-0.15, -0.1) is 0 Å². The highest BCUT2D eigenvalue weighted by Crippen LogP contribution is 2.62. The summed E-state index contributed by atoms with van der Waals surface area (Å²) in [7, 11) is 0. The van der Waals surface area contributed by atoms with Gasteiger partial charge in [0, 0.05) is 44.0 Å². The number of hydrogen-bond donors (Lipinski definition) is 0. The van der Waals surface area contributed by atoms with E-state index in [9.17, 15) is 0 Å². The standard InChI is InChI=1S/C68H44B2N4/c1-5-25-45(26-6-1)67(46-27-7-2-8-28-46)51-35-15-19-39-55(51)69-71-57-41-21-13-33-49(57)62-63(71)65(73(69)59-43-23-17-37-53(59)67)61-50-34-14-22-42-58(50)72-64(61)66(62)74-60-44-24-18-38-54(60)68(47-29-9-3-10-30-47,48-31-11-4-12-32-48)52-36-16-20-40-56(52)70(72)74/h1-44H. The van der Waals surface area contributed by atoms with E-state index >= 15 is 0 Å². The van der Waals surface area contributed by atoms with E-state index in [2.05, 4.69) is 285 Å². The van der Waals surface area contributed by atoms with Crippen LogP contribution in [0.4, 0.5) is 22.7 Å². The molecule has 6 heterocycles. The number of anilines is 4. The first-order chi connectivity index (χ1) is 36.8. The Morgan fingerprint density at radius 1 is 0.270 bits per heavy atom. The lowest BCUT2D eigenvalue weighted by Crippen LogP contribution is -2.50. The average Bonchev–Trinajstić information content (AvgIpc) is 4.27. The minimum atomic E-state index is -0.639. The monoisotopic (exact) mass is 938 g/mol. The molecule has 0 saturated carbocycles. The maximum absolute atomic E-state index is 2.76. The van der Waals surface area contributed by atoms with E-state index in [4.69, 9.17) is 0 Å². The Morgan fingerprint density at radius 3 is 0.946 bits per heavy atom. The van der Waals surface area contributed by atoms with Gasteiger partial charge in [0.15, 0.2) is 0 Å². The van der Waals surface area contributed by atoms with Crippen LogP contribution in [-0.4, -0.2) is 22.9 Å². The molecule has 74 heavy (non-hydrogen) atoms. The molecule has 4 nitrogen and oxygen atoms in total. The van der Waals surface area contributed by atoms with Gasteiger partial charge in [0.1, 0.15) is 0 Å². The van der Waals surface area contributed by atoms with Crippen molar-refractivity contribution in [3.8, 4) is 0 Å². The van der Waals surface area contributed by atoms with Gasteiger partial charge in [-0.25, -0.2) is 0 Å². The van der Waals surface area contributed by atoms with E-state index in [1.807, 2.05) is 0 Å².